The Balaban J connectivity index is 2.41. The van der Waals surface area contributed by atoms with E-state index in [1.165, 1.54) is 18.3 Å². The Kier molecular flexibility index (Phi) is 5.94. The fourth-order valence-corrected chi connectivity index (χ4v) is 1.29. The van der Waals surface area contributed by atoms with Gasteiger partial charge in [-0.1, -0.05) is 12.1 Å². The molecule has 0 saturated carbocycles. The predicted octanol–water partition coefficient (Wildman–Crippen LogP) is 1.20. The number of aromatic carboxylic acids is 1. The molecule has 0 aliphatic rings. The van der Waals surface area contributed by atoms with Crippen molar-refractivity contribution in [2.45, 2.75) is 19.3 Å². The first kappa shape index (κ1) is 14.6. The number of amides is 1. The van der Waals surface area contributed by atoms with Crippen molar-refractivity contribution < 1.29 is 19.5 Å². The maximum absolute atomic E-state index is 11.2. The van der Waals surface area contributed by atoms with E-state index in [2.05, 4.69) is 10.5 Å². The number of aldehydes is 1. The van der Waals surface area contributed by atoms with Crippen LogP contribution in [0.1, 0.15) is 35.2 Å². The van der Waals surface area contributed by atoms with E-state index in [1.54, 1.807) is 12.1 Å². The Labute approximate surface area is 110 Å². The zero-order valence-electron chi connectivity index (χ0n) is 10.2. The molecule has 0 heterocycles. The average Bonchev–Trinajstić information content (AvgIpc) is 2.39. The van der Waals surface area contributed by atoms with Gasteiger partial charge in [-0.05, 0) is 24.1 Å². The summed E-state index contributed by atoms with van der Waals surface area (Å²) < 4.78 is 0. The summed E-state index contributed by atoms with van der Waals surface area (Å²) in [6.45, 7) is 0. The van der Waals surface area contributed by atoms with Crippen molar-refractivity contribution in [3.8, 4) is 0 Å². The zero-order valence-corrected chi connectivity index (χ0v) is 10.2. The van der Waals surface area contributed by atoms with Crippen LogP contribution in [0, 0.1) is 0 Å². The Hall–Kier alpha value is -2.50. The van der Waals surface area contributed by atoms with Crippen molar-refractivity contribution >= 4 is 24.4 Å². The maximum atomic E-state index is 11.2. The van der Waals surface area contributed by atoms with E-state index in [0.29, 0.717) is 18.4 Å². The summed E-state index contributed by atoms with van der Waals surface area (Å²) in [7, 11) is 0. The fraction of sp³-hybridized carbons (Fsp3) is 0.231. The van der Waals surface area contributed by atoms with E-state index < -0.39 is 5.97 Å². The van der Waals surface area contributed by atoms with Crippen molar-refractivity contribution in [3.63, 3.8) is 0 Å². The Morgan fingerprint density at radius 3 is 2.53 bits per heavy atom. The molecule has 0 atom stereocenters. The van der Waals surface area contributed by atoms with E-state index in [0.717, 1.165) is 6.29 Å². The van der Waals surface area contributed by atoms with Gasteiger partial charge in [0.1, 0.15) is 6.29 Å². The molecule has 100 valence electrons. The summed E-state index contributed by atoms with van der Waals surface area (Å²) in [4.78, 5) is 31.9. The molecule has 1 rings (SSSR count). The van der Waals surface area contributed by atoms with Crippen LogP contribution in [0.15, 0.2) is 29.4 Å². The van der Waals surface area contributed by atoms with E-state index in [1.807, 2.05) is 0 Å². The normalized spacial score (nSPS) is 10.3. The number of benzene rings is 1. The van der Waals surface area contributed by atoms with E-state index in [-0.39, 0.29) is 17.9 Å². The highest BCUT2D eigenvalue weighted by molar-refractivity contribution is 5.89. The molecular weight excluding hydrogens is 248 g/mol. The fourth-order valence-electron chi connectivity index (χ4n) is 1.29. The van der Waals surface area contributed by atoms with Crippen LogP contribution in [-0.4, -0.2) is 29.5 Å². The molecule has 0 unspecified atom stereocenters. The van der Waals surface area contributed by atoms with Gasteiger partial charge in [0.05, 0.1) is 11.8 Å². The summed E-state index contributed by atoms with van der Waals surface area (Å²) in [5.41, 5.74) is 3.19. The molecule has 0 bridgehead atoms. The molecule has 0 aromatic heterocycles. The summed E-state index contributed by atoms with van der Waals surface area (Å²) in [6, 6.07) is 6.09. The van der Waals surface area contributed by atoms with Gasteiger partial charge in [0.15, 0.2) is 0 Å². The molecule has 6 heteroatoms. The number of rotatable bonds is 7. The van der Waals surface area contributed by atoms with Gasteiger partial charge >= 0.3 is 5.97 Å². The lowest BCUT2D eigenvalue weighted by molar-refractivity contribution is -0.121. The van der Waals surface area contributed by atoms with Gasteiger partial charge in [0.2, 0.25) is 5.91 Å². The summed E-state index contributed by atoms with van der Waals surface area (Å²) in [5, 5.41) is 12.4. The first-order chi connectivity index (χ1) is 9.13. The highest BCUT2D eigenvalue weighted by Gasteiger charge is 2.01. The number of unbranched alkanes of at least 4 members (excludes halogenated alkanes) is 1. The molecule has 6 nitrogen and oxygen atoms in total. The molecule has 1 aromatic carbocycles. The van der Waals surface area contributed by atoms with E-state index in [9.17, 15) is 14.4 Å². The third kappa shape index (κ3) is 5.58. The quantitative estimate of drug-likeness (QED) is 0.334. The van der Waals surface area contributed by atoms with Crippen LogP contribution in [0.25, 0.3) is 0 Å². The standard InChI is InChI=1S/C13H14N2O4/c16-8-2-1-3-12(17)15-14-9-10-4-6-11(7-5-10)13(18)19/h4-9H,1-3H2,(H,15,17)(H,18,19)/b14-9+. The Bertz CT molecular complexity index is 480. The second-order valence-corrected chi connectivity index (χ2v) is 3.78. The summed E-state index contributed by atoms with van der Waals surface area (Å²) in [5.74, 6) is -1.26. The van der Waals surface area contributed by atoms with Crippen LogP contribution >= 0.6 is 0 Å². The summed E-state index contributed by atoms with van der Waals surface area (Å²) in [6.07, 6.45) is 3.28. The minimum atomic E-state index is -0.994. The van der Waals surface area contributed by atoms with E-state index in [4.69, 9.17) is 5.11 Å². The number of hydrogen-bond acceptors (Lipinski definition) is 4. The predicted molar refractivity (Wildman–Crippen MR) is 69.1 cm³/mol. The number of carbonyl (C=O) groups is 3. The lowest BCUT2D eigenvalue weighted by Crippen LogP contribution is -2.16. The highest BCUT2D eigenvalue weighted by Crippen LogP contribution is 2.02. The SMILES string of the molecule is O=CCCCC(=O)N/N=C/c1ccc(C(=O)O)cc1. The number of carboxylic acids is 1. The molecule has 19 heavy (non-hydrogen) atoms. The Morgan fingerprint density at radius 1 is 1.26 bits per heavy atom. The largest absolute Gasteiger partial charge is 0.478 e. The molecule has 0 aliphatic carbocycles. The zero-order chi connectivity index (χ0) is 14.1. The van der Waals surface area contributed by atoms with Gasteiger partial charge in [0.25, 0.3) is 0 Å². The molecule has 0 aliphatic heterocycles. The second kappa shape index (κ2) is 7.75. The van der Waals surface area contributed by atoms with Crippen LogP contribution in [0.2, 0.25) is 0 Å². The van der Waals surface area contributed by atoms with Gasteiger partial charge in [-0.25, -0.2) is 10.2 Å². The minimum Gasteiger partial charge on any atom is -0.478 e. The molecular formula is C13H14N2O4. The van der Waals surface area contributed by atoms with Crippen molar-refractivity contribution in [1.82, 2.24) is 5.43 Å². The minimum absolute atomic E-state index is 0.190. The smallest absolute Gasteiger partial charge is 0.335 e. The number of nitrogens with one attached hydrogen (secondary N) is 1. The first-order valence-electron chi connectivity index (χ1n) is 5.72. The number of nitrogens with zero attached hydrogens (tertiary/aromatic N) is 1. The maximum Gasteiger partial charge on any atom is 0.335 e. The first-order valence-corrected chi connectivity index (χ1v) is 5.72. The van der Waals surface area contributed by atoms with Crippen LogP contribution in [0.5, 0.6) is 0 Å². The van der Waals surface area contributed by atoms with Crippen LogP contribution < -0.4 is 5.43 Å². The van der Waals surface area contributed by atoms with Gasteiger partial charge in [-0.15, -0.1) is 0 Å². The highest BCUT2D eigenvalue weighted by atomic mass is 16.4. The topological polar surface area (TPSA) is 95.8 Å². The van der Waals surface area contributed by atoms with Crippen molar-refractivity contribution in [2.75, 3.05) is 0 Å². The monoisotopic (exact) mass is 262 g/mol. The number of carboxylic acid groups (broad SMARTS) is 1. The number of hydrazone groups is 1. The van der Waals surface area contributed by atoms with Gasteiger partial charge in [0, 0.05) is 12.8 Å². The van der Waals surface area contributed by atoms with Crippen molar-refractivity contribution in [3.05, 3.63) is 35.4 Å². The molecule has 0 spiro atoms. The molecule has 0 radical (unpaired) electrons. The molecule has 2 N–H and O–H groups in total. The van der Waals surface area contributed by atoms with Crippen LogP contribution in [0.3, 0.4) is 0 Å². The lowest BCUT2D eigenvalue weighted by atomic mass is 10.1. The van der Waals surface area contributed by atoms with Gasteiger partial charge < -0.3 is 9.90 Å². The van der Waals surface area contributed by atoms with Gasteiger partial charge in [-0.3, -0.25) is 4.79 Å². The summed E-state index contributed by atoms with van der Waals surface area (Å²) >= 11 is 0. The number of hydrogen-bond donors (Lipinski definition) is 2. The average molecular weight is 262 g/mol. The van der Waals surface area contributed by atoms with E-state index >= 15 is 0 Å². The Morgan fingerprint density at radius 2 is 1.95 bits per heavy atom. The van der Waals surface area contributed by atoms with Crippen molar-refractivity contribution in [2.24, 2.45) is 5.10 Å². The third-order valence-corrected chi connectivity index (χ3v) is 2.29. The van der Waals surface area contributed by atoms with Gasteiger partial charge in [-0.2, -0.15) is 5.10 Å². The number of carbonyl (C=O) groups excluding carboxylic acids is 2. The molecule has 1 amide bonds. The lowest BCUT2D eigenvalue weighted by Gasteiger charge is -1.98. The third-order valence-electron chi connectivity index (χ3n) is 2.29. The van der Waals surface area contributed by atoms with Crippen LogP contribution in [0.4, 0.5) is 0 Å². The van der Waals surface area contributed by atoms with Crippen molar-refractivity contribution in [1.29, 1.82) is 0 Å². The molecule has 1 aromatic rings. The second-order valence-electron chi connectivity index (χ2n) is 3.78. The molecule has 0 saturated heterocycles. The molecule has 0 fully saturated rings. The van der Waals surface area contributed by atoms with Crippen LogP contribution in [-0.2, 0) is 9.59 Å².